The van der Waals surface area contributed by atoms with Crippen molar-refractivity contribution in [2.45, 2.75) is 0 Å². The highest BCUT2D eigenvalue weighted by atomic mass is 16.6. The van der Waals surface area contributed by atoms with E-state index in [-0.39, 0.29) is 11.4 Å². The highest BCUT2D eigenvalue weighted by molar-refractivity contribution is 5.81. The van der Waals surface area contributed by atoms with Crippen molar-refractivity contribution in [3.63, 3.8) is 0 Å². The van der Waals surface area contributed by atoms with E-state index < -0.39 is 4.92 Å². The minimum atomic E-state index is -0.475. The van der Waals surface area contributed by atoms with Crippen molar-refractivity contribution in [1.29, 1.82) is 0 Å². The van der Waals surface area contributed by atoms with Gasteiger partial charge < -0.3 is 19.9 Å². The zero-order valence-electron chi connectivity index (χ0n) is 12.6. The van der Waals surface area contributed by atoms with Crippen LogP contribution in [0.3, 0.4) is 0 Å². The third kappa shape index (κ3) is 4.32. The summed E-state index contributed by atoms with van der Waals surface area (Å²) in [6.07, 6.45) is 0.455. The predicted octanol–water partition coefficient (Wildman–Crippen LogP) is 1.17. The van der Waals surface area contributed by atoms with Crippen molar-refractivity contribution in [1.82, 2.24) is 4.90 Å². The lowest BCUT2D eigenvalue weighted by Crippen LogP contribution is -2.29. The molecule has 1 N–H and O–H groups in total. The van der Waals surface area contributed by atoms with E-state index in [0.29, 0.717) is 24.4 Å². The molecule has 8 nitrogen and oxygen atoms in total. The van der Waals surface area contributed by atoms with Crippen LogP contribution in [0.25, 0.3) is 0 Å². The topological polar surface area (TPSA) is 87.9 Å². The number of nitro groups is 1. The Morgan fingerprint density at radius 2 is 2.00 bits per heavy atom. The fourth-order valence-electron chi connectivity index (χ4n) is 1.83. The van der Waals surface area contributed by atoms with Crippen LogP contribution >= 0.6 is 0 Å². The minimum absolute atomic E-state index is 0.0820. The van der Waals surface area contributed by atoms with Crippen LogP contribution in [0.4, 0.5) is 17.1 Å². The van der Waals surface area contributed by atoms with Gasteiger partial charge in [-0.2, -0.15) is 0 Å². The van der Waals surface area contributed by atoms with E-state index in [1.54, 1.807) is 18.0 Å². The first-order valence-corrected chi connectivity index (χ1v) is 6.33. The van der Waals surface area contributed by atoms with Gasteiger partial charge in [0.15, 0.2) is 0 Å². The summed E-state index contributed by atoms with van der Waals surface area (Å²) in [4.78, 5) is 25.1. The number of carbonyl (C=O) groups excluding carboxylic acids is 1. The lowest BCUT2D eigenvalue weighted by molar-refractivity contribution is -0.384. The van der Waals surface area contributed by atoms with Crippen molar-refractivity contribution in [2.24, 2.45) is 0 Å². The number of nitrogens with one attached hydrogen (secondary N) is 1. The van der Waals surface area contributed by atoms with Gasteiger partial charge in [-0.05, 0) is 14.1 Å². The molecule has 1 rings (SSSR count). The van der Waals surface area contributed by atoms with E-state index >= 15 is 0 Å². The summed E-state index contributed by atoms with van der Waals surface area (Å²) in [5, 5.41) is 13.6. The molecule has 1 aromatic carbocycles. The first kappa shape index (κ1) is 16.7. The van der Waals surface area contributed by atoms with Crippen molar-refractivity contribution in [3.05, 3.63) is 22.2 Å². The predicted molar refractivity (Wildman–Crippen MR) is 81.2 cm³/mol. The molecular weight excluding hydrogens is 276 g/mol. The van der Waals surface area contributed by atoms with Gasteiger partial charge in [-0.25, -0.2) is 0 Å². The van der Waals surface area contributed by atoms with E-state index in [2.05, 4.69) is 5.32 Å². The Morgan fingerprint density at radius 3 is 2.48 bits per heavy atom. The number of nitro benzene ring substituents is 1. The molecule has 0 aromatic heterocycles. The Morgan fingerprint density at radius 1 is 1.33 bits per heavy atom. The minimum Gasteiger partial charge on any atom is -0.494 e. The lowest BCUT2D eigenvalue weighted by Gasteiger charge is -2.22. The number of likely N-dealkylation sites (N-methyl/N-ethyl adjacent to an activating group) is 2. The Labute approximate surface area is 123 Å². The number of ether oxygens (including phenoxy) is 1. The fourth-order valence-corrected chi connectivity index (χ4v) is 1.83. The smallest absolute Gasteiger partial charge is 0.294 e. The normalized spacial score (nSPS) is 10.3. The third-order valence-electron chi connectivity index (χ3n) is 3.00. The van der Waals surface area contributed by atoms with Gasteiger partial charge >= 0.3 is 0 Å². The zero-order chi connectivity index (χ0) is 16.0. The molecule has 0 saturated heterocycles. The van der Waals surface area contributed by atoms with Crippen LogP contribution in [-0.4, -0.2) is 57.6 Å². The number of hydrogen-bond acceptors (Lipinski definition) is 6. The first-order valence-electron chi connectivity index (χ1n) is 6.33. The van der Waals surface area contributed by atoms with Crippen LogP contribution in [-0.2, 0) is 4.79 Å². The maximum Gasteiger partial charge on any atom is 0.294 e. The molecule has 0 atom stereocenters. The number of amides is 1. The number of carbonyl (C=O) groups is 1. The molecule has 0 aliphatic carbocycles. The number of anilines is 2. The molecule has 1 aromatic rings. The molecule has 8 heteroatoms. The van der Waals surface area contributed by atoms with Gasteiger partial charge in [-0.3, -0.25) is 14.9 Å². The highest BCUT2D eigenvalue weighted by Gasteiger charge is 2.21. The van der Waals surface area contributed by atoms with E-state index in [4.69, 9.17) is 4.74 Å². The molecular formula is C13H20N4O4. The van der Waals surface area contributed by atoms with E-state index in [0.717, 1.165) is 6.54 Å². The summed E-state index contributed by atoms with van der Waals surface area (Å²) in [5.74, 6) is 0.374. The Kier molecular flexibility index (Phi) is 5.92. The summed E-state index contributed by atoms with van der Waals surface area (Å²) >= 11 is 0. The van der Waals surface area contributed by atoms with E-state index in [1.807, 2.05) is 19.0 Å². The largest absolute Gasteiger partial charge is 0.494 e. The number of benzene rings is 1. The zero-order valence-corrected chi connectivity index (χ0v) is 12.6. The van der Waals surface area contributed by atoms with Gasteiger partial charge in [0.25, 0.3) is 5.69 Å². The number of nitrogens with zero attached hydrogens (tertiary/aromatic N) is 3. The molecule has 0 radical (unpaired) electrons. The summed E-state index contributed by atoms with van der Waals surface area (Å²) in [6.45, 7) is 1.38. The average Bonchev–Trinajstić information content (AvgIpc) is 2.44. The quantitative estimate of drug-likeness (QED) is 0.440. The lowest BCUT2D eigenvalue weighted by atomic mass is 10.2. The van der Waals surface area contributed by atoms with Crippen LogP contribution in [0.2, 0.25) is 0 Å². The molecule has 0 aliphatic rings. The summed E-state index contributed by atoms with van der Waals surface area (Å²) in [6, 6.07) is 2.86. The second kappa shape index (κ2) is 7.44. The molecule has 0 heterocycles. The van der Waals surface area contributed by atoms with E-state index in [1.165, 1.54) is 13.2 Å². The molecule has 0 saturated carbocycles. The molecule has 116 valence electrons. The second-order valence-corrected chi connectivity index (χ2v) is 4.79. The average molecular weight is 296 g/mol. The van der Waals surface area contributed by atoms with Gasteiger partial charge in [-0.1, -0.05) is 0 Å². The second-order valence-electron chi connectivity index (χ2n) is 4.79. The maximum absolute atomic E-state index is 11.2. The summed E-state index contributed by atoms with van der Waals surface area (Å²) < 4.78 is 5.17. The van der Waals surface area contributed by atoms with Gasteiger partial charge in [0.2, 0.25) is 6.41 Å². The van der Waals surface area contributed by atoms with Crippen molar-refractivity contribution >= 4 is 23.5 Å². The van der Waals surface area contributed by atoms with Crippen molar-refractivity contribution < 1.29 is 14.5 Å². The van der Waals surface area contributed by atoms with Crippen molar-refractivity contribution in [2.75, 3.05) is 51.6 Å². The first-order chi connectivity index (χ1) is 9.90. The van der Waals surface area contributed by atoms with Crippen molar-refractivity contribution in [3.8, 4) is 5.75 Å². The SMILES string of the molecule is COc1cc(N(C)CCN(C)C)c([N+](=O)[O-])cc1NC=O. The Bertz CT molecular complexity index is 519. The molecule has 0 unspecified atom stereocenters. The number of methoxy groups -OCH3 is 1. The van der Waals surface area contributed by atoms with Crippen LogP contribution < -0.4 is 15.0 Å². The molecule has 1 amide bonds. The van der Waals surface area contributed by atoms with Crippen LogP contribution in [0.1, 0.15) is 0 Å². The Balaban J connectivity index is 3.21. The van der Waals surface area contributed by atoms with Crippen LogP contribution in [0, 0.1) is 10.1 Å². The monoisotopic (exact) mass is 296 g/mol. The standard InChI is InChI=1S/C13H20N4O4/c1-15(2)5-6-16(3)11-8-13(21-4)10(14-9-18)7-12(11)17(19)20/h7-9H,5-6H2,1-4H3,(H,14,18). The van der Waals surface area contributed by atoms with Crippen LogP contribution in [0.15, 0.2) is 12.1 Å². The van der Waals surface area contributed by atoms with Crippen LogP contribution in [0.5, 0.6) is 5.75 Å². The molecule has 0 aliphatic heterocycles. The third-order valence-corrected chi connectivity index (χ3v) is 3.00. The molecule has 0 spiro atoms. The van der Waals surface area contributed by atoms with E-state index in [9.17, 15) is 14.9 Å². The van der Waals surface area contributed by atoms with Gasteiger partial charge in [0.05, 0.1) is 17.7 Å². The number of hydrogen-bond donors (Lipinski definition) is 1. The molecule has 0 fully saturated rings. The van der Waals surface area contributed by atoms with Gasteiger partial charge in [-0.15, -0.1) is 0 Å². The Hall–Kier alpha value is -2.35. The van der Waals surface area contributed by atoms with Gasteiger partial charge in [0.1, 0.15) is 11.4 Å². The molecule has 21 heavy (non-hydrogen) atoms. The fraction of sp³-hybridized carbons (Fsp3) is 0.462. The maximum atomic E-state index is 11.2. The summed E-state index contributed by atoms with van der Waals surface area (Å²) in [7, 11) is 7.08. The number of rotatable bonds is 8. The highest BCUT2D eigenvalue weighted by Crippen LogP contribution is 2.37. The molecule has 0 bridgehead atoms. The van der Waals surface area contributed by atoms with Gasteiger partial charge in [0, 0.05) is 32.3 Å². The summed E-state index contributed by atoms with van der Waals surface area (Å²) in [5.41, 5.74) is 0.625.